The standard InChI is InChI=1S/C16H16Cl2N2O2S2/c1-9-7-20(16(22)12-4-6-14(18)24-12)10(2)8-19(9)15(21)11-3-5-13(17)23-11/h3-6,9-10H,7-8H2,1-2H3/t9-,10-/m0/s1. The summed E-state index contributed by atoms with van der Waals surface area (Å²) in [6.45, 7) is 4.92. The Balaban J connectivity index is 1.74. The molecule has 8 heteroatoms. The summed E-state index contributed by atoms with van der Waals surface area (Å²) in [5, 5.41) is 0. The van der Waals surface area contributed by atoms with Crippen molar-refractivity contribution in [1.82, 2.24) is 9.80 Å². The number of thiophene rings is 2. The van der Waals surface area contributed by atoms with E-state index in [1.54, 1.807) is 24.3 Å². The lowest BCUT2D eigenvalue weighted by atomic mass is 10.1. The molecule has 3 rings (SSSR count). The predicted octanol–water partition coefficient (Wildman–Crippen LogP) is 4.49. The quantitative estimate of drug-likeness (QED) is 0.741. The minimum Gasteiger partial charge on any atom is -0.331 e. The van der Waals surface area contributed by atoms with Crippen molar-refractivity contribution in [1.29, 1.82) is 0 Å². The molecular formula is C16H16Cl2N2O2S2. The Morgan fingerprint density at radius 1 is 0.875 bits per heavy atom. The predicted molar refractivity (Wildman–Crippen MR) is 99.7 cm³/mol. The third-order valence-electron chi connectivity index (χ3n) is 4.08. The monoisotopic (exact) mass is 402 g/mol. The number of amides is 2. The molecular weight excluding hydrogens is 387 g/mol. The first-order valence-electron chi connectivity index (χ1n) is 7.49. The first-order valence-corrected chi connectivity index (χ1v) is 9.88. The fourth-order valence-corrected chi connectivity index (χ4v) is 4.83. The van der Waals surface area contributed by atoms with E-state index in [9.17, 15) is 9.59 Å². The van der Waals surface area contributed by atoms with Gasteiger partial charge in [-0.2, -0.15) is 0 Å². The number of halogens is 2. The van der Waals surface area contributed by atoms with Crippen LogP contribution in [0.2, 0.25) is 8.67 Å². The summed E-state index contributed by atoms with van der Waals surface area (Å²) < 4.78 is 1.20. The summed E-state index contributed by atoms with van der Waals surface area (Å²) in [6.07, 6.45) is 0. The molecule has 4 nitrogen and oxygen atoms in total. The lowest BCUT2D eigenvalue weighted by Crippen LogP contribution is -2.59. The van der Waals surface area contributed by atoms with Crippen molar-refractivity contribution in [2.24, 2.45) is 0 Å². The van der Waals surface area contributed by atoms with Crippen molar-refractivity contribution in [2.45, 2.75) is 25.9 Å². The molecule has 2 amide bonds. The molecule has 1 saturated heterocycles. The molecule has 2 aromatic rings. The Hall–Kier alpha value is -1.08. The van der Waals surface area contributed by atoms with Crippen molar-refractivity contribution in [3.05, 3.63) is 42.7 Å². The number of hydrogen-bond acceptors (Lipinski definition) is 4. The second-order valence-electron chi connectivity index (χ2n) is 5.82. The number of piperazine rings is 1. The van der Waals surface area contributed by atoms with Gasteiger partial charge in [-0.1, -0.05) is 23.2 Å². The van der Waals surface area contributed by atoms with E-state index in [4.69, 9.17) is 23.2 Å². The molecule has 2 aromatic heterocycles. The van der Waals surface area contributed by atoms with Gasteiger partial charge in [0.25, 0.3) is 11.8 Å². The summed E-state index contributed by atoms with van der Waals surface area (Å²) in [4.78, 5) is 30.2. The summed E-state index contributed by atoms with van der Waals surface area (Å²) in [5.74, 6) is -0.0602. The van der Waals surface area contributed by atoms with Gasteiger partial charge < -0.3 is 9.80 Å². The van der Waals surface area contributed by atoms with Gasteiger partial charge in [-0.3, -0.25) is 9.59 Å². The average molecular weight is 403 g/mol. The highest BCUT2D eigenvalue weighted by molar-refractivity contribution is 7.18. The van der Waals surface area contributed by atoms with Crippen LogP contribution in [0.5, 0.6) is 0 Å². The molecule has 0 aliphatic carbocycles. The lowest BCUT2D eigenvalue weighted by Gasteiger charge is -2.43. The number of carbonyl (C=O) groups is 2. The van der Waals surface area contributed by atoms with Crippen LogP contribution in [-0.2, 0) is 0 Å². The molecule has 1 aliphatic heterocycles. The Bertz CT molecular complexity index is 709. The molecule has 0 N–H and O–H groups in total. The van der Waals surface area contributed by atoms with Crippen molar-refractivity contribution in [3.63, 3.8) is 0 Å². The molecule has 3 heterocycles. The fourth-order valence-electron chi connectivity index (χ4n) is 2.83. The molecule has 1 aliphatic rings. The maximum absolute atomic E-state index is 12.7. The van der Waals surface area contributed by atoms with E-state index in [0.717, 1.165) is 0 Å². The second kappa shape index (κ2) is 7.04. The zero-order chi connectivity index (χ0) is 17.4. The summed E-state index contributed by atoms with van der Waals surface area (Å²) >= 11 is 14.4. The van der Waals surface area contributed by atoms with E-state index in [0.29, 0.717) is 31.5 Å². The van der Waals surface area contributed by atoms with E-state index in [-0.39, 0.29) is 23.9 Å². The highest BCUT2D eigenvalue weighted by atomic mass is 35.5. The Labute approximate surface area is 158 Å². The van der Waals surface area contributed by atoms with E-state index >= 15 is 0 Å². The van der Waals surface area contributed by atoms with Crippen LogP contribution in [0.15, 0.2) is 24.3 Å². The van der Waals surface area contributed by atoms with Gasteiger partial charge in [0.05, 0.1) is 18.4 Å². The van der Waals surface area contributed by atoms with Crippen LogP contribution in [0.4, 0.5) is 0 Å². The highest BCUT2D eigenvalue weighted by Gasteiger charge is 2.35. The largest absolute Gasteiger partial charge is 0.331 e. The van der Waals surface area contributed by atoms with Gasteiger partial charge in [-0.15, -0.1) is 22.7 Å². The number of nitrogens with zero attached hydrogens (tertiary/aromatic N) is 2. The zero-order valence-electron chi connectivity index (χ0n) is 13.2. The van der Waals surface area contributed by atoms with Crippen LogP contribution < -0.4 is 0 Å². The van der Waals surface area contributed by atoms with Crippen LogP contribution in [0.25, 0.3) is 0 Å². The molecule has 0 unspecified atom stereocenters. The van der Waals surface area contributed by atoms with E-state index in [2.05, 4.69) is 0 Å². The molecule has 0 radical (unpaired) electrons. The number of hydrogen-bond donors (Lipinski definition) is 0. The normalized spacial score (nSPS) is 21.2. The maximum Gasteiger partial charge on any atom is 0.264 e. The maximum atomic E-state index is 12.7. The third-order valence-corrected chi connectivity index (χ3v) is 6.51. The van der Waals surface area contributed by atoms with Crippen LogP contribution in [0.1, 0.15) is 33.2 Å². The molecule has 0 bridgehead atoms. The molecule has 2 atom stereocenters. The van der Waals surface area contributed by atoms with Gasteiger partial charge in [-0.25, -0.2) is 0 Å². The third kappa shape index (κ3) is 3.47. The van der Waals surface area contributed by atoms with Crippen LogP contribution >= 0.6 is 45.9 Å². The van der Waals surface area contributed by atoms with Crippen LogP contribution in [0, 0.1) is 0 Å². The Morgan fingerprint density at radius 3 is 1.54 bits per heavy atom. The van der Waals surface area contributed by atoms with Gasteiger partial charge in [0.15, 0.2) is 0 Å². The summed E-state index contributed by atoms with van der Waals surface area (Å²) in [5.41, 5.74) is 0. The number of rotatable bonds is 2. The van der Waals surface area contributed by atoms with E-state index < -0.39 is 0 Å². The SMILES string of the molecule is C[C@H]1CN(C(=O)c2ccc(Cl)s2)[C@@H](C)CN1C(=O)c1ccc(Cl)s1. The molecule has 0 aromatic carbocycles. The van der Waals surface area contributed by atoms with Gasteiger partial charge in [0, 0.05) is 25.2 Å². The molecule has 24 heavy (non-hydrogen) atoms. The smallest absolute Gasteiger partial charge is 0.264 e. The fraction of sp³-hybridized carbons (Fsp3) is 0.375. The Morgan fingerprint density at radius 2 is 1.25 bits per heavy atom. The van der Waals surface area contributed by atoms with Crippen LogP contribution in [-0.4, -0.2) is 46.8 Å². The molecule has 0 spiro atoms. The van der Waals surface area contributed by atoms with E-state index in [1.807, 2.05) is 23.6 Å². The summed E-state index contributed by atoms with van der Waals surface area (Å²) in [6, 6.07) is 6.83. The topological polar surface area (TPSA) is 40.6 Å². The lowest BCUT2D eigenvalue weighted by molar-refractivity contribution is 0.0275. The average Bonchev–Trinajstić information content (AvgIpc) is 3.16. The number of carbonyl (C=O) groups excluding carboxylic acids is 2. The van der Waals surface area contributed by atoms with Crippen molar-refractivity contribution in [2.75, 3.05) is 13.1 Å². The molecule has 0 saturated carbocycles. The molecule has 128 valence electrons. The van der Waals surface area contributed by atoms with Gasteiger partial charge in [0.1, 0.15) is 0 Å². The van der Waals surface area contributed by atoms with Crippen LogP contribution in [0.3, 0.4) is 0 Å². The minimum absolute atomic E-state index is 0.0301. The minimum atomic E-state index is -0.0611. The van der Waals surface area contributed by atoms with Crippen molar-refractivity contribution >= 4 is 57.7 Å². The van der Waals surface area contributed by atoms with Gasteiger partial charge in [-0.05, 0) is 38.1 Å². The Kier molecular flexibility index (Phi) is 5.20. The highest BCUT2D eigenvalue weighted by Crippen LogP contribution is 2.28. The van der Waals surface area contributed by atoms with E-state index in [1.165, 1.54) is 22.7 Å². The van der Waals surface area contributed by atoms with Crippen molar-refractivity contribution in [3.8, 4) is 0 Å². The first kappa shape index (κ1) is 17.7. The second-order valence-corrected chi connectivity index (χ2v) is 9.25. The van der Waals surface area contributed by atoms with Gasteiger partial charge >= 0.3 is 0 Å². The first-order chi connectivity index (χ1) is 11.4. The zero-order valence-corrected chi connectivity index (χ0v) is 16.3. The van der Waals surface area contributed by atoms with Gasteiger partial charge in [0.2, 0.25) is 0 Å². The summed E-state index contributed by atoms with van der Waals surface area (Å²) in [7, 11) is 0. The van der Waals surface area contributed by atoms with Crippen molar-refractivity contribution < 1.29 is 9.59 Å². The molecule has 1 fully saturated rings.